The Labute approximate surface area is 101 Å². The fraction of sp³-hybridized carbons (Fsp3) is 0.857. The molecule has 1 saturated heterocycles. The third-order valence-electron chi connectivity index (χ3n) is 3.78. The second-order valence-electron chi connectivity index (χ2n) is 5.37. The highest BCUT2D eigenvalue weighted by Gasteiger charge is 2.33. The molecule has 2 nitrogen and oxygen atoms in total. The molecular formula is C14H28N2. The maximum atomic E-state index is 3.99. The molecule has 1 fully saturated rings. The zero-order chi connectivity index (χ0) is 12.0. The molecule has 1 aliphatic heterocycles. The summed E-state index contributed by atoms with van der Waals surface area (Å²) in [5.74, 6) is 0. The van der Waals surface area contributed by atoms with E-state index in [1.165, 1.54) is 38.8 Å². The molecule has 0 spiro atoms. The third-order valence-corrected chi connectivity index (χ3v) is 3.78. The topological polar surface area (TPSA) is 15.3 Å². The summed E-state index contributed by atoms with van der Waals surface area (Å²) in [6.45, 7) is 14.4. The summed E-state index contributed by atoms with van der Waals surface area (Å²) in [4.78, 5) is 2.62. The fourth-order valence-electron chi connectivity index (χ4n) is 2.59. The summed E-state index contributed by atoms with van der Waals surface area (Å²) >= 11 is 0. The molecule has 1 unspecified atom stereocenters. The Balaban J connectivity index is 2.59. The Kier molecular flexibility index (Phi) is 5.50. The van der Waals surface area contributed by atoms with Crippen molar-refractivity contribution in [2.75, 3.05) is 19.6 Å². The summed E-state index contributed by atoms with van der Waals surface area (Å²) in [5, 5.41) is 3.60. The van der Waals surface area contributed by atoms with Crippen LogP contribution in [-0.4, -0.2) is 36.1 Å². The van der Waals surface area contributed by atoms with Gasteiger partial charge in [-0.1, -0.05) is 19.4 Å². The monoisotopic (exact) mass is 224 g/mol. The smallest absolute Gasteiger partial charge is 0.0428 e. The van der Waals surface area contributed by atoms with Crippen molar-refractivity contribution in [1.29, 1.82) is 0 Å². The molecule has 1 atom stereocenters. The van der Waals surface area contributed by atoms with E-state index in [-0.39, 0.29) is 5.54 Å². The van der Waals surface area contributed by atoms with Crippen LogP contribution in [-0.2, 0) is 0 Å². The van der Waals surface area contributed by atoms with Crippen LogP contribution in [0.25, 0.3) is 0 Å². The molecule has 1 N–H and O–H groups in total. The Morgan fingerprint density at radius 2 is 1.94 bits per heavy atom. The number of rotatable bonds is 6. The van der Waals surface area contributed by atoms with E-state index >= 15 is 0 Å². The van der Waals surface area contributed by atoms with Crippen molar-refractivity contribution >= 4 is 0 Å². The molecule has 94 valence electrons. The summed E-state index contributed by atoms with van der Waals surface area (Å²) in [7, 11) is 0. The van der Waals surface area contributed by atoms with E-state index < -0.39 is 0 Å². The minimum absolute atomic E-state index is 0.192. The van der Waals surface area contributed by atoms with Crippen LogP contribution in [0.4, 0.5) is 0 Å². The van der Waals surface area contributed by atoms with Crippen LogP contribution in [0.3, 0.4) is 0 Å². The summed E-state index contributed by atoms with van der Waals surface area (Å²) < 4.78 is 0. The summed E-state index contributed by atoms with van der Waals surface area (Å²) in [5.41, 5.74) is 0.192. The van der Waals surface area contributed by atoms with Gasteiger partial charge in [-0.05, 0) is 52.7 Å². The number of hydrogen-bond donors (Lipinski definition) is 1. The van der Waals surface area contributed by atoms with Gasteiger partial charge >= 0.3 is 0 Å². The lowest BCUT2D eigenvalue weighted by molar-refractivity contribution is 0.0750. The van der Waals surface area contributed by atoms with Crippen molar-refractivity contribution in [3.8, 4) is 0 Å². The van der Waals surface area contributed by atoms with Crippen LogP contribution in [0, 0.1) is 0 Å². The zero-order valence-corrected chi connectivity index (χ0v) is 11.3. The van der Waals surface area contributed by atoms with Crippen LogP contribution in [0.2, 0.25) is 0 Å². The minimum atomic E-state index is 0.192. The average Bonchev–Trinajstić information content (AvgIpc) is 2.31. The van der Waals surface area contributed by atoms with E-state index in [0.29, 0.717) is 6.04 Å². The van der Waals surface area contributed by atoms with Crippen LogP contribution >= 0.6 is 0 Å². The first-order valence-corrected chi connectivity index (χ1v) is 6.74. The molecule has 0 saturated carbocycles. The van der Waals surface area contributed by atoms with E-state index in [4.69, 9.17) is 0 Å². The molecule has 0 aromatic heterocycles. The minimum Gasteiger partial charge on any atom is -0.309 e. The quantitative estimate of drug-likeness (QED) is 0.698. The number of likely N-dealkylation sites (tertiary alicyclic amines) is 1. The predicted octanol–water partition coefficient (Wildman–Crippen LogP) is 2.81. The number of hydrogen-bond acceptors (Lipinski definition) is 2. The van der Waals surface area contributed by atoms with E-state index in [1.54, 1.807) is 0 Å². The van der Waals surface area contributed by atoms with Gasteiger partial charge < -0.3 is 5.32 Å². The summed E-state index contributed by atoms with van der Waals surface area (Å²) in [6.07, 6.45) is 7.35. The lowest BCUT2D eigenvalue weighted by Gasteiger charge is -2.45. The molecule has 16 heavy (non-hydrogen) atoms. The lowest BCUT2D eigenvalue weighted by atomic mass is 9.90. The van der Waals surface area contributed by atoms with Gasteiger partial charge in [0.1, 0.15) is 0 Å². The highest BCUT2D eigenvalue weighted by molar-refractivity contribution is 5.03. The molecule has 0 aromatic carbocycles. The molecule has 0 radical (unpaired) electrons. The Hall–Kier alpha value is -0.340. The normalized spacial score (nSPS) is 20.7. The molecule has 0 aliphatic carbocycles. The maximum absolute atomic E-state index is 3.99. The first kappa shape index (κ1) is 13.7. The molecule has 0 amide bonds. The van der Waals surface area contributed by atoms with E-state index in [1.807, 2.05) is 0 Å². The van der Waals surface area contributed by atoms with Gasteiger partial charge in [0.05, 0.1) is 0 Å². The van der Waals surface area contributed by atoms with Gasteiger partial charge in [0, 0.05) is 11.6 Å². The van der Waals surface area contributed by atoms with E-state index in [2.05, 4.69) is 43.6 Å². The highest BCUT2D eigenvalue weighted by atomic mass is 15.2. The van der Waals surface area contributed by atoms with Crippen LogP contribution in [0.5, 0.6) is 0 Å². The molecule has 2 heteroatoms. The first-order chi connectivity index (χ1) is 7.62. The summed E-state index contributed by atoms with van der Waals surface area (Å²) in [6, 6.07) is 0.394. The van der Waals surface area contributed by atoms with Crippen molar-refractivity contribution in [1.82, 2.24) is 10.2 Å². The Morgan fingerprint density at radius 3 is 2.44 bits per heavy atom. The van der Waals surface area contributed by atoms with Crippen molar-refractivity contribution in [2.45, 2.75) is 58.0 Å². The van der Waals surface area contributed by atoms with Gasteiger partial charge in [-0.2, -0.15) is 0 Å². The van der Waals surface area contributed by atoms with Gasteiger partial charge in [-0.25, -0.2) is 0 Å². The van der Waals surface area contributed by atoms with Crippen LogP contribution < -0.4 is 5.32 Å². The molecular weight excluding hydrogens is 196 g/mol. The average molecular weight is 224 g/mol. The van der Waals surface area contributed by atoms with Crippen molar-refractivity contribution < 1.29 is 0 Å². The van der Waals surface area contributed by atoms with Gasteiger partial charge in [0.25, 0.3) is 0 Å². The maximum Gasteiger partial charge on any atom is 0.0428 e. The largest absolute Gasteiger partial charge is 0.309 e. The molecule has 0 aromatic rings. The molecule has 1 heterocycles. The highest BCUT2D eigenvalue weighted by Crippen LogP contribution is 2.24. The number of piperidine rings is 1. The lowest BCUT2D eigenvalue weighted by Crippen LogP contribution is -2.58. The van der Waals surface area contributed by atoms with Gasteiger partial charge in [0.15, 0.2) is 0 Å². The van der Waals surface area contributed by atoms with Crippen molar-refractivity contribution in [2.24, 2.45) is 0 Å². The molecule has 0 bridgehead atoms. The van der Waals surface area contributed by atoms with Crippen LogP contribution in [0.15, 0.2) is 12.7 Å². The van der Waals surface area contributed by atoms with Gasteiger partial charge in [-0.15, -0.1) is 6.58 Å². The molecule has 1 rings (SSSR count). The second kappa shape index (κ2) is 6.41. The van der Waals surface area contributed by atoms with Crippen LogP contribution in [0.1, 0.15) is 46.5 Å². The Bertz CT molecular complexity index is 205. The SMILES string of the molecule is C=CC(NCCC)C(C)(C)N1CCCCC1. The molecule has 1 aliphatic rings. The first-order valence-electron chi connectivity index (χ1n) is 6.74. The second-order valence-corrected chi connectivity index (χ2v) is 5.37. The fourth-order valence-corrected chi connectivity index (χ4v) is 2.59. The van der Waals surface area contributed by atoms with Gasteiger partial charge in [0.2, 0.25) is 0 Å². The predicted molar refractivity (Wildman–Crippen MR) is 71.8 cm³/mol. The van der Waals surface area contributed by atoms with Gasteiger partial charge in [-0.3, -0.25) is 4.90 Å². The Morgan fingerprint density at radius 1 is 1.31 bits per heavy atom. The van der Waals surface area contributed by atoms with Crippen molar-refractivity contribution in [3.05, 3.63) is 12.7 Å². The van der Waals surface area contributed by atoms with Crippen molar-refractivity contribution in [3.63, 3.8) is 0 Å². The number of nitrogens with one attached hydrogen (secondary N) is 1. The third kappa shape index (κ3) is 3.33. The standard InChI is InChI=1S/C14H28N2/c1-5-10-15-13(6-2)14(3,4)16-11-8-7-9-12-16/h6,13,15H,2,5,7-12H2,1,3-4H3. The zero-order valence-electron chi connectivity index (χ0n) is 11.3. The van der Waals surface area contributed by atoms with E-state index in [0.717, 1.165) is 6.54 Å². The van der Waals surface area contributed by atoms with E-state index in [9.17, 15) is 0 Å². The number of nitrogens with zero attached hydrogens (tertiary/aromatic N) is 1.